The molecule has 0 atom stereocenters. The van der Waals surface area contributed by atoms with E-state index in [1.165, 1.54) is 0 Å². The van der Waals surface area contributed by atoms with Gasteiger partial charge in [0.15, 0.2) is 0 Å². The number of nitrogens with one attached hydrogen (secondary N) is 1. The van der Waals surface area contributed by atoms with Crippen molar-refractivity contribution in [3.8, 4) is 0 Å². The highest BCUT2D eigenvalue weighted by Crippen LogP contribution is 2.20. The topological polar surface area (TPSA) is 92.5 Å². The highest BCUT2D eigenvalue weighted by atomic mass is 19.1. The van der Waals surface area contributed by atoms with E-state index in [9.17, 15) is 19.3 Å². The second-order valence-electron chi connectivity index (χ2n) is 4.73. The Morgan fingerprint density at radius 3 is 2.68 bits per heavy atom. The molecule has 0 bridgehead atoms. The van der Waals surface area contributed by atoms with Crippen LogP contribution in [0.5, 0.6) is 0 Å². The average molecular weight is 270 g/mol. The molecule has 0 aliphatic carbocycles. The van der Waals surface area contributed by atoms with E-state index in [0.717, 1.165) is 18.2 Å². The van der Waals surface area contributed by atoms with Crippen LogP contribution in [0.25, 0.3) is 0 Å². The van der Waals surface area contributed by atoms with Crippen LogP contribution in [0.1, 0.15) is 30.6 Å². The van der Waals surface area contributed by atoms with E-state index in [2.05, 4.69) is 5.32 Å². The summed E-state index contributed by atoms with van der Waals surface area (Å²) in [5, 5.41) is 22.2. The Labute approximate surface area is 109 Å². The molecule has 0 aliphatic rings. The number of carbonyl (C=O) groups is 1. The number of amides is 1. The average Bonchev–Trinajstić information content (AvgIpc) is 2.27. The van der Waals surface area contributed by atoms with Crippen molar-refractivity contribution >= 4 is 11.6 Å². The van der Waals surface area contributed by atoms with Crippen molar-refractivity contribution in [3.05, 3.63) is 39.7 Å². The Morgan fingerprint density at radius 1 is 1.53 bits per heavy atom. The van der Waals surface area contributed by atoms with E-state index in [4.69, 9.17) is 5.11 Å². The summed E-state index contributed by atoms with van der Waals surface area (Å²) in [6, 6.07) is 2.69. The third-order valence-corrected chi connectivity index (χ3v) is 2.59. The number of nitro benzene ring substituents is 1. The Balaban J connectivity index is 3.05. The van der Waals surface area contributed by atoms with Crippen molar-refractivity contribution in [2.45, 2.75) is 25.8 Å². The quantitative estimate of drug-likeness (QED) is 0.628. The summed E-state index contributed by atoms with van der Waals surface area (Å²) >= 11 is 0. The largest absolute Gasteiger partial charge is 0.396 e. The summed E-state index contributed by atoms with van der Waals surface area (Å²) in [4.78, 5) is 22.0. The minimum absolute atomic E-state index is 0.140. The van der Waals surface area contributed by atoms with Crippen LogP contribution in [0, 0.1) is 15.9 Å². The molecule has 0 aliphatic heterocycles. The first-order valence-corrected chi connectivity index (χ1v) is 5.64. The number of hydrogen-bond acceptors (Lipinski definition) is 4. The number of benzene rings is 1. The molecule has 2 N–H and O–H groups in total. The lowest BCUT2D eigenvalue weighted by Crippen LogP contribution is -2.44. The zero-order valence-corrected chi connectivity index (χ0v) is 10.6. The Hall–Kier alpha value is -2.02. The third-order valence-electron chi connectivity index (χ3n) is 2.59. The summed E-state index contributed by atoms with van der Waals surface area (Å²) in [7, 11) is 0. The molecule has 0 heterocycles. The number of carbonyl (C=O) groups excluding carboxylic acids is 1. The van der Waals surface area contributed by atoms with Gasteiger partial charge >= 0.3 is 0 Å². The molecule has 1 rings (SSSR count). The van der Waals surface area contributed by atoms with Gasteiger partial charge in [-0.25, -0.2) is 4.39 Å². The first-order chi connectivity index (χ1) is 8.76. The van der Waals surface area contributed by atoms with Crippen molar-refractivity contribution in [1.29, 1.82) is 0 Å². The van der Waals surface area contributed by atoms with Crippen LogP contribution in [0.4, 0.5) is 10.1 Å². The van der Waals surface area contributed by atoms with Crippen LogP contribution in [-0.4, -0.2) is 28.1 Å². The molecule has 0 aromatic heterocycles. The number of halogens is 1. The third kappa shape index (κ3) is 3.99. The Kier molecular flexibility index (Phi) is 4.55. The number of aliphatic hydroxyl groups is 1. The molecule has 0 saturated carbocycles. The number of nitro groups is 1. The molecule has 104 valence electrons. The smallest absolute Gasteiger partial charge is 0.282 e. The van der Waals surface area contributed by atoms with Crippen LogP contribution < -0.4 is 5.32 Å². The fraction of sp³-hybridized carbons (Fsp3) is 0.417. The highest BCUT2D eigenvalue weighted by Gasteiger charge is 2.26. The predicted octanol–water partition coefficient (Wildman–Crippen LogP) is 1.62. The molecule has 6 nitrogen and oxygen atoms in total. The molecular formula is C12H15FN2O4. The molecule has 0 saturated heterocycles. The minimum Gasteiger partial charge on any atom is -0.396 e. The maximum absolute atomic E-state index is 13.1. The summed E-state index contributed by atoms with van der Waals surface area (Å²) in [6.07, 6.45) is 0.280. The highest BCUT2D eigenvalue weighted by molar-refractivity contribution is 5.98. The zero-order valence-electron chi connectivity index (χ0n) is 10.6. The summed E-state index contributed by atoms with van der Waals surface area (Å²) in [5.74, 6) is -1.47. The first-order valence-electron chi connectivity index (χ1n) is 5.64. The molecule has 0 unspecified atom stereocenters. The second kappa shape index (κ2) is 5.75. The van der Waals surface area contributed by atoms with Gasteiger partial charge in [0.2, 0.25) is 0 Å². The van der Waals surface area contributed by atoms with E-state index < -0.39 is 27.9 Å². The number of nitrogens with zero attached hydrogens (tertiary/aromatic N) is 1. The fourth-order valence-corrected chi connectivity index (χ4v) is 1.57. The normalized spacial score (nSPS) is 11.2. The van der Waals surface area contributed by atoms with Gasteiger partial charge in [-0.3, -0.25) is 14.9 Å². The van der Waals surface area contributed by atoms with Gasteiger partial charge < -0.3 is 10.4 Å². The number of hydrogen-bond donors (Lipinski definition) is 2. The zero-order chi connectivity index (χ0) is 14.6. The lowest BCUT2D eigenvalue weighted by atomic mass is 10.0. The monoisotopic (exact) mass is 270 g/mol. The van der Waals surface area contributed by atoms with Gasteiger partial charge in [0.1, 0.15) is 11.4 Å². The summed E-state index contributed by atoms with van der Waals surface area (Å²) in [6.45, 7) is 3.18. The van der Waals surface area contributed by atoms with Gasteiger partial charge in [-0.05, 0) is 32.4 Å². The van der Waals surface area contributed by atoms with Crippen molar-refractivity contribution < 1.29 is 19.2 Å². The van der Waals surface area contributed by atoms with Crippen molar-refractivity contribution in [1.82, 2.24) is 5.32 Å². The Morgan fingerprint density at radius 2 is 2.16 bits per heavy atom. The van der Waals surface area contributed by atoms with E-state index in [1.807, 2.05) is 0 Å². The fourth-order valence-electron chi connectivity index (χ4n) is 1.57. The molecule has 0 fully saturated rings. The second-order valence-corrected chi connectivity index (χ2v) is 4.73. The minimum atomic E-state index is -0.746. The maximum atomic E-state index is 13.1. The molecule has 0 radical (unpaired) electrons. The van der Waals surface area contributed by atoms with Gasteiger partial charge in [0, 0.05) is 18.2 Å². The van der Waals surface area contributed by atoms with Crippen molar-refractivity contribution in [3.63, 3.8) is 0 Å². The van der Waals surface area contributed by atoms with Crippen molar-refractivity contribution in [2.75, 3.05) is 6.61 Å². The molecule has 7 heteroatoms. The lowest BCUT2D eigenvalue weighted by Gasteiger charge is -2.25. The molecule has 1 aromatic rings. The molecule has 1 aromatic carbocycles. The first kappa shape index (κ1) is 15.0. The Bertz CT molecular complexity index is 503. The molecule has 1 amide bonds. The van der Waals surface area contributed by atoms with Crippen LogP contribution >= 0.6 is 0 Å². The van der Waals surface area contributed by atoms with Crippen LogP contribution in [0.2, 0.25) is 0 Å². The number of aliphatic hydroxyl groups excluding tert-OH is 1. The molecule has 0 spiro atoms. The molecular weight excluding hydrogens is 255 g/mol. The summed E-state index contributed by atoms with van der Waals surface area (Å²) < 4.78 is 13.1. The van der Waals surface area contributed by atoms with E-state index in [1.54, 1.807) is 13.8 Å². The SMILES string of the molecule is CC(C)(CCO)NC(=O)c1cc(F)ccc1[N+](=O)[O-]. The van der Waals surface area contributed by atoms with E-state index in [-0.39, 0.29) is 18.6 Å². The van der Waals surface area contributed by atoms with Gasteiger partial charge in [0.05, 0.1) is 4.92 Å². The van der Waals surface area contributed by atoms with Gasteiger partial charge in [0.25, 0.3) is 11.6 Å². The van der Waals surface area contributed by atoms with Crippen LogP contribution in [0.3, 0.4) is 0 Å². The number of rotatable bonds is 5. The van der Waals surface area contributed by atoms with E-state index >= 15 is 0 Å². The van der Waals surface area contributed by atoms with Gasteiger partial charge in [-0.15, -0.1) is 0 Å². The maximum Gasteiger partial charge on any atom is 0.282 e. The van der Waals surface area contributed by atoms with Crippen LogP contribution in [-0.2, 0) is 0 Å². The van der Waals surface area contributed by atoms with Gasteiger partial charge in [-0.1, -0.05) is 0 Å². The van der Waals surface area contributed by atoms with Crippen LogP contribution in [0.15, 0.2) is 18.2 Å². The van der Waals surface area contributed by atoms with Gasteiger partial charge in [-0.2, -0.15) is 0 Å². The standard InChI is InChI=1S/C12H15FN2O4/c1-12(2,5-6-16)14-11(17)9-7-8(13)3-4-10(9)15(18)19/h3-4,7,16H,5-6H2,1-2H3,(H,14,17). The lowest BCUT2D eigenvalue weighted by molar-refractivity contribution is -0.385. The predicted molar refractivity (Wildman–Crippen MR) is 66.3 cm³/mol. The molecule has 19 heavy (non-hydrogen) atoms. The summed E-state index contributed by atoms with van der Waals surface area (Å²) in [5.41, 5.74) is -1.54. The van der Waals surface area contributed by atoms with Crippen molar-refractivity contribution in [2.24, 2.45) is 0 Å². The van der Waals surface area contributed by atoms with E-state index in [0.29, 0.717) is 0 Å².